The topological polar surface area (TPSA) is 65.4 Å². The Labute approximate surface area is 134 Å². The fourth-order valence-electron chi connectivity index (χ4n) is 2.09. The van der Waals surface area contributed by atoms with Crippen molar-refractivity contribution in [1.29, 1.82) is 0 Å². The van der Waals surface area contributed by atoms with E-state index in [0.717, 1.165) is 0 Å². The average Bonchev–Trinajstić information content (AvgIpc) is 2.77. The summed E-state index contributed by atoms with van der Waals surface area (Å²) in [7, 11) is -2.10. The van der Waals surface area contributed by atoms with Crippen LogP contribution in [0.25, 0.3) is 0 Å². The summed E-state index contributed by atoms with van der Waals surface area (Å²) in [4.78, 5) is 12.1. The number of hydrogen-bond donors (Lipinski definition) is 0. The molecule has 0 aliphatic carbocycles. The highest BCUT2D eigenvalue weighted by atomic mass is 35.5. The molecule has 0 unspecified atom stereocenters. The summed E-state index contributed by atoms with van der Waals surface area (Å²) >= 11 is 5.78. The van der Waals surface area contributed by atoms with E-state index in [4.69, 9.17) is 16.3 Å². The Hall–Kier alpha value is -1.79. The second-order valence-electron chi connectivity index (χ2n) is 4.72. The third-order valence-corrected chi connectivity index (χ3v) is 5.52. The zero-order valence-corrected chi connectivity index (χ0v) is 14.0. The molecule has 0 amide bonds. The minimum Gasteiger partial charge on any atom is -0.461 e. The Kier molecular flexibility index (Phi) is 4.63. The van der Waals surface area contributed by atoms with E-state index in [2.05, 4.69) is 0 Å². The zero-order valence-electron chi connectivity index (χ0n) is 12.5. The SMILES string of the molecule is CCOC(=O)c1cc(S(=O)(=O)c2ccc(Cl)cc2)c(C)n1C. The van der Waals surface area contributed by atoms with Gasteiger partial charge in [0.2, 0.25) is 9.84 Å². The number of ether oxygens (including phenoxy) is 1. The van der Waals surface area contributed by atoms with Crippen LogP contribution < -0.4 is 0 Å². The summed E-state index contributed by atoms with van der Waals surface area (Å²) in [6, 6.07) is 7.25. The summed E-state index contributed by atoms with van der Waals surface area (Å²) in [5.74, 6) is -0.550. The van der Waals surface area contributed by atoms with E-state index in [-0.39, 0.29) is 22.1 Å². The fraction of sp³-hybridized carbons (Fsp3) is 0.267. The third kappa shape index (κ3) is 2.89. The van der Waals surface area contributed by atoms with E-state index < -0.39 is 15.8 Å². The predicted molar refractivity (Wildman–Crippen MR) is 83.0 cm³/mol. The Morgan fingerprint density at radius 1 is 1.27 bits per heavy atom. The van der Waals surface area contributed by atoms with Crippen molar-refractivity contribution in [2.45, 2.75) is 23.6 Å². The molecule has 0 spiro atoms. The molecule has 0 aliphatic rings. The Morgan fingerprint density at radius 2 is 1.86 bits per heavy atom. The maximum atomic E-state index is 12.7. The lowest BCUT2D eigenvalue weighted by Crippen LogP contribution is -2.10. The molecule has 1 aromatic heterocycles. The highest BCUT2D eigenvalue weighted by molar-refractivity contribution is 7.91. The Balaban J connectivity index is 2.55. The van der Waals surface area contributed by atoms with E-state index in [1.54, 1.807) is 20.9 Å². The molecule has 0 aliphatic heterocycles. The van der Waals surface area contributed by atoms with Gasteiger partial charge in [0.05, 0.1) is 16.4 Å². The molecule has 2 aromatic rings. The van der Waals surface area contributed by atoms with Gasteiger partial charge in [-0.15, -0.1) is 0 Å². The second-order valence-corrected chi connectivity index (χ2v) is 7.07. The molecule has 1 aromatic carbocycles. The highest BCUT2D eigenvalue weighted by Crippen LogP contribution is 2.27. The first-order valence-electron chi connectivity index (χ1n) is 6.63. The lowest BCUT2D eigenvalue weighted by Gasteiger charge is -2.05. The first-order valence-corrected chi connectivity index (χ1v) is 8.49. The van der Waals surface area contributed by atoms with Crippen LogP contribution in [0.3, 0.4) is 0 Å². The number of esters is 1. The molecule has 0 fully saturated rings. The molecule has 0 saturated carbocycles. The van der Waals surface area contributed by atoms with E-state index in [9.17, 15) is 13.2 Å². The van der Waals surface area contributed by atoms with Crippen LogP contribution in [0.1, 0.15) is 23.1 Å². The smallest absolute Gasteiger partial charge is 0.354 e. The van der Waals surface area contributed by atoms with Crippen molar-refractivity contribution in [2.75, 3.05) is 6.61 Å². The molecule has 1 heterocycles. The zero-order chi connectivity index (χ0) is 16.5. The standard InChI is InChI=1S/C15H16ClNO4S/c1-4-21-15(18)13-9-14(10(2)17(13)3)22(19,20)12-7-5-11(16)6-8-12/h5-9H,4H2,1-3H3. The average molecular weight is 342 g/mol. The minimum atomic E-state index is -3.72. The van der Waals surface area contributed by atoms with Gasteiger partial charge in [0.1, 0.15) is 5.69 Å². The minimum absolute atomic E-state index is 0.0837. The molecule has 0 bridgehead atoms. The van der Waals surface area contributed by atoms with Crippen LogP contribution in [0.15, 0.2) is 40.1 Å². The Bertz CT molecular complexity index is 807. The molecule has 22 heavy (non-hydrogen) atoms. The highest BCUT2D eigenvalue weighted by Gasteiger charge is 2.26. The van der Waals surface area contributed by atoms with Gasteiger partial charge in [-0.2, -0.15) is 0 Å². The normalized spacial score (nSPS) is 11.5. The summed E-state index contributed by atoms with van der Waals surface area (Å²) < 4.78 is 31.9. The third-order valence-electron chi connectivity index (χ3n) is 3.39. The van der Waals surface area contributed by atoms with E-state index in [0.29, 0.717) is 10.7 Å². The fourth-order valence-corrected chi connectivity index (χ4v) is 3.75. The van der Waals surface area contributed by atoms with Gasteiger partial charge >= 0.3 is 5.97 Å². The predicted octanol–water partition coefficient (Wildman–Crippen LogP) is 3.00. The quantitative estimate of drug-likeness (QED) is 0.802. The molecular weight excluding hydrogens is 326 g/mol. The van der Waals surface area contributed by atoms with Crippen molar-refractivity contribution in [3.05, 3.63) is 46.7 Å². The molecule has 0 radical (unpaired) electrons. The molecule has 2 rings (SSSR count). The van der Waals surface area contributed by atoms with Crippen LogP contribution in [0.4, 0.5) is 0 Å². The van der Waals surface area contributed by atoms with Crippen molar-refractivity contribution < 1.29 is 17.9 Å². The maximum Gasteiger partial charge on any atom is 0.354 e. The number of nitrogens with zero attached hydrogens (tertiary/aromatic N) is 1. The van der Waals surface area contributed by atoms with E-state index in [1.807, 2.05) is 0 Å². The van der Waals surface area contributed by atoms with Gasteiger partial charge in [0.15, 0.2) is 0 Å². The van der Waals surface area contributed by atoms with Crippen LogP contribution in [-0.2, 0) is 21.6 Å². The molecule has 118 valence electrons. The van der Waals surface area contributed by atoms with Gasteiger partial charge in [-0.3, -0.25) is 0 Å². The van der Waals surface area contributed by atoms with Gasteiger partial charge in [-0.05, 0) is 44.2 Å². The maximum absolute atomic E-state index is 12.7. The van der Waals surface area contributed by atoms with Gasteiger partial charge in [0, 0.05) is 17.8 Å². The van der Waals surface area contributed by atoms with Gasteiger partial charge < -0.3 is 9.30 Å². The summed E-state index contributed by atoms with van der Waals surface area (Å²) in [5.41, 5.74) is 0.671. The number of hydrogen-bond acceptors (Lipinski definition) is 4. The first kappa shape index (κ1) is 16.6. The molecule has 7 heteroatoms. The number of sulfone groups is 1. The van der Waals surface area contributed by atoms with Crippen LogP contribution in [-0.4, -0.2) is 25.6 Å². The summed E-state index contributed by atoms with van der Waals surface area (Å²) in [6.45, 7) is 3.56. The van der Waals surface area contributed by atoms with Crippen LogP contribution in [0.2, 0.25) is 5.02 Å². The lowest BCUT2D eigenvalue weighted by molar-refractivity contribution is 0.0515. The van der Waals surface area contributed by atoms with Crippen LogP contribution in [0, 0.1) is 6.92 Å². The van der Waals surface area contributed by atoms with Gasteiger partial charge in [0.25, 0.3) is 0 Å². The van der Waals surface area contributed by atoms with Crippen molar-refractivity contribution in [3.8, 4) is 0 Å². The first-order chi connectivity index (χ1) is 10.3. The van der Waals surface area contributed by atoms with Crippen LogP contribution >= 0.6 is 11.6 Å². The van der Waals surface area contributed by atoms with Crippen molar-refractivity contribution in [3.63, 3.8) is 0 Å². The van der Waals surface area contributed by atoms with Gasteiger partial charge in [-0.25, -0.2) is 13.2 Å². The number of carbonyl (C=O) groups is 1. The lowest BCUT2D eigenvalue weighted by atomic mass is 10.4. The number of aromatic nitrogens is 1. The largest absolute Gasteiger partial charge is 0.461 e. The van der Waals surface area contributed by atoms with Crippen molar-refractivity contribution in [2.24, 2.45) is 7.05 Å². The number of halogens is 1. The molecular formula is C15H16ClNO4S. The number of benzene rings is 1. The molecule has 0 atom stereocenters. The van der Waals surface area contributed by atoms with E-state index in [1.165, 1.54) is 34.9 Å². The van der Waals surface area contributed by atoms with Gasteiger partial charge in [-0.1, -0.05) is 11.6 Å². The summed E-state index contributed by atoms with van der Waals surface area (Å²) in [5, 5.41) is 0.455. The number of rotatable bonds is 4. The van der Waals surface area contributed by atoms with Crippen molar-refractivity contribution in [1.82, 2.24) is 4.57 Å². The summed E-state index contributed by atoms with van der Waals surface area (Å²) in [6.07, 6.45) is 0. The second kappa shape index (κ2) is 6.14. The van der Waals surface area contributed by atoms with Crippen molar-refractivity contribution >= 4 is 27.4 Å². The molecule has 0 N–H and O–H groups in total. The molecule has 0 saturated heterocycles. The number of carbonyl (C=O) groups excluding carboxylic acids is 1. The van der Waals surface area contributed by atoms with E-state index >= 15 is 0 Å². The Morgan fingerprint density at radius 3 is 2.41 bits per heavy atom. The molecule has 5 nitrogen and oxygen atoms in total. The van der Waals surface area contributed by atoms with Crippen LogP contribution in [0.5, 0.6) is 0 Å². The monoisotopic (exact) mass is 341 g/mol.